The Hall–Kier alpha value is -1.75. The first-order chi connectivity index (χ1) is 9.58. The smallest absolute Gasteiger partial charge is 0.257 e. The van der Waals surface area contributed by atoms with Crippen LogP contribution in [0.2, 0.25) is 0 Å². The molecule has 110 valence electrons. The molecule has 2 rings (SSSR count). The molecule has 0 spiro atoms. The molecule has 0 aliphatic carbocycles. The summed E-state index contributed by atoms with van der Waals surface area (Å²) in [5.74, 6) is 1.23. The summed E-state index contributed by atoms with van der Waals surface area (Å²) in [5, 5.41) is 3.37. The Labute approximate surface area is 119 Å². The lowest BCUT2D eigenvalue weighted by atomic mass is 10.0. The molecule has 2 atom stereocenters. The molecule has 1 heterocycles. The Bertz CT molecular complexity index is 490. The van der Waals surface area contributed by atoms with Crippen LogP contribution in [0.5, 0.6) is 11.5 Å². The second-order valence-corrected chi connectivity index (χ2v) is 5.05. The monoisotopic (exact) mass is 278 g/mol. The van der Waals surface area contributed by atoms with Crippen LogP contribution in [0.15, 0.2) is 18.2 Å². The van der Waals surface area contributed by atoms with Crippen LogP contribution in [0.1, 0.15) is 24.2 Å². The molecule has 1 aromatic carbocycles. The predicted octanol–water partition coefficient (Wildman–Crippen LogP) is 1.53. The molecule has 0 aromatic heterocycles. The zero-order valence-corrected chi connectivity index (χ0v) is 12.5. The number of piperazine rings is 1. The molecule has 1 aliphatic heterocycles. The van der Waals surface area contributed by atoms with E-state index in [1.165, 1.54) is 0 Å². The number of hydrogen-bond donors (Lipinski definition) is 1. The molecule has 0 saturated carbocycles. The standard InChI is InChI=1S/C15H22N2O3/c1-10-11(2)17(8-7-16-10)15(18)13-6-5-12(19-3)9-14(13)20-4/h5-6,9-11,16H,7-8H2,1-4H3. The second-order valence-electron chi connectivity index (χ2n) is 5.05. The SMILES string of the molecule is COc1ccc(C(=O)N2CCNC(C)C2C)c(OC)c1. The molecular formula is C15H22N2O3. The average Bonchev–Trinajstić information content (AvgIpc) is 2.48. The Morgan fingerprint density at radius 3 is 2.70 bits per heavy atom. The number of hydrogen-bond acceptors (Lipinski definition) is 4. The predicted molar refractivity (Wildman–Crippen MR) is 77.5 cm³/mol. The summed E-state index contributed by atoms with van der Waals surface area (Å²) in [4.78, 5) is 14.6. The van der Waals surface area contributed by atoms with Gasteiger partial charge in [0.2, 0.25) is 0 Å². The largest absolute Gasteiger partial charge is 0.497 e. The lowest BCUT2D eigenvalue weighted by molar-refractivity contribution is 0.0599. The summed E-state index contributed by atoms with van der Waals surface area (Å²) >= 11 is 0. The molecule has 1 N–H and O–H groups in total. The molecular weight excluding hydrogens is 256 g/mol. The fourth-order valence-corrected chi connectivity index (χ4v) is 2.47. The second kappa shape index (κ2) is 6.13. The summed E-state index contributed by atoms with van der Waals surface area (Å²) in [6, 6.07) is 5.73. The van der Waals surface area contributed by atoms with Gasteiger partial charge in [0, 0.05) is 31.2 Å². The number of ether oxygens (including phenoxy) is 2. The summed E-state index contributed by atoms with van der Waals surface area (Å²) in [6.07, 6.45) is 0. The van der Waals surface area contributed by atoms with Gasteiger partial charge in [0.15, 0.2) is 0 Å². The highest BCUT2D eigenvalue weighted by molar-refractivity contribution is 5.97. The quantitative estimate of drug-likeness (QED) is 0.911. The van der Waals surface area contributed by atoms with Crippen LogP contribution in [0.3, 0.4) is 0 Å². The maximum Gasteiger partial charge on any atom is 0.257 e. The first-order valence-electron chi connectivity index (χ1n) is 6.85. The van der Waals surface area contributed by atoms with Crippen LogP contribution in [-0.4, -0.2) is 50.2 Å². The van der Waals surface area contributed by atoms with Gasteiger partial charge in [-0.2, -0.15) is 0 Å². The minimum Gasteiger partial charge on any atom is -0.497 e. The molecule has 0 bridgehead atoms. The van der Waals surface area contributed by atoms with Gasteiger partial charge < -0.3 is 19.7 Å². The Kier molecular flexibility index (Phi) is 4.49. The van der Waals surface area contributed by atoms with Gasteiger partial charge in [-0.05, 0) is 26.0 Å². The Balaban J connectivity index is 2.28. The number of amides is 1. The van der Waals surface area contributed by atoms with Crippen LogP contribution in [0, 0.1) is 0 Å². The van der Waals surface area contributed by atoms with Crippen molar-refractivity contribution in [1.29, 1.82) is 0 Å². The van der Waals surface area contributed by atoms with Crippen molar-refractivity contribution in [3.05, 3.63) is 23.8 Å². The van der Waals surface area contributed by atoms with E-state index < -0.39 is 0 Å². The third-order valence-electron chi connectivity index (χ3n) is 3.93. The van der Waals surface area contributed by atoms with Gasteiger partial charge in [-0.3, -0.25) is 4.79 Å². The lowest BCUT2D eigenvalue weighted by Gasteiger charge is -2.38. The number of rotatable bonds is 3. The van der Waals surface area contributed by atoms with Crippen LogP contribution >= 0.6 is 0 Å². The number of benzene rings is 1. The van der Waals surface area contributed by atoms with E-state index in [0.717, 1.165) is 6.54 Å². The van der Waals surface area contributed by atoms with Crippen molar-refractivity contribution in [3.63, 3.8) is 0 Å². The fourth-order valence-electron chi connectivity index (χ4n) is 2.47. The number of nitrogens with zero attached hydrogens (tertiary/aromatic N) is 1. The molecule has 1 amide bonds. The van der Waals surface area contributed by atoms with Gasteiger partial charge in [-0.1, -0.05) is 0 Å². The molecule has 1 aliphatic rings. The third kappa shape index (κ3) is 2.72. The first kappa shape index (κ1) is 14.7. The number of methoxy groups -OCH3 is 2. The molecule has 20 heavy (non-hydrogen) atoms. The van der Waals surface area contributed by atoms with E-state index in [2.05, 4.69) is 19.2 Å². The zero-order chi connectivity index (χ0) is 14.7. The maximum absolute atomic E-state index is 12.7. The fraction of sp³-hybridized carbons (Fsp3) is 0.533. The van der Waals surface area contributed by atoms with Crippen molar-refractivity contribution in [1.82, 2.24) is 10.2 Å². The Morgan fingerprint density at radius 1 is 1.30 bits per heavy atom. The van der Waals surface area contributed by atoms with E-state index >= 15 is 0 Å². The highest BCUT2D eigenvalue weighted by Crippen LogP contribution is 2.27. The van der Waals surface area contributed by atoms with E-state index in [4.69, 9.17) is 9.47 Å². The maximum atomic E-state index is 12.7. The molecule has 5 heteroatoms. The highest BCUT2D eigenvalue weighted by Gasteiger charge is 2.30. The van der Waals surface area contributed by atoms with Gasteiger partial charge >= 0.3 is 0 Å². The van der Waals surface area contributed by atoms with Gasteiger partial charge in [0.25, 0.3) is 5.91 Å². The first-order valence-corrected chi connectivity index (χ1v) is 6.85. The summed E-state index contributed by atoms with van der Waals surface area (Å²) in [7, 11) is 3.16. The van der Waals surface area contributed by atoms with Crippen molar-refractivity contribution in [3.8, 4) is 11.5 Å². The van der Waals surface area contributed by atoms with E-state index in [0.29, 0.717) is 23.6 Å². The van der Waals surface area contributed by atoms with Crippen molar-refractivity contribution in [2.24, 2.45) is 0 Å². The summed E-state index contributed by atoms with van der Waals surface area (Å²) < 4.78 is 10.5. The molecule has 2 unspecified atom stereocenters. The van der Waals surface area contributed by atoms with Crippen molar-refractivity contribution in [2.75, 3.05) is 27.3 Å². The van der Waals surface area contributed by atoms with E-state index in [1.807, 2.05) is 4.90 Å². The van der Waals surface area contributed by atoms with Gasteiger partial charge in [-0.25, -0.2) is 0 Å². The number of nitrogens with one attached hydrogen (secondary N) is 1. The van der Waals surface area contributed by atoms with Crippen LogP contribution < -0.4 is 14.8 Å². The van der Waals surface area contributed by atoms with E-state index in [1.54, 1.807) is 32.4 Å². The minimum atomic E-state index is 0.00496. The van der Waals surface area contributed by atoms with Crippen LogP contribution in [-0.2, 0) is 0 Å². The summed E-state index contributed by atoms with van der Waals surface area (Å²) in [6.45, 7) is 5.68. The molecule has 0 radical (unpaired) electrons. The minimum absolute atomic E-state index is 0.00496. The molecule has 5 nitrogen and oxygen atoms in total. The molecule has 1 fully saturated rings. The number of carbonyl (C=O) groups is 1. The lowest BCUT2D eigenvalue weighted by Crippen LogP contribution is -2.57. The number of carbonyl (C=O) groups excluding carboxylic acids is 1. The van der Waals surface area contributed by atoms with E-state index in [-0.39, 0.29) is 18.0 Å². The van der Waals surface area contributed by atoms with Gasteiger partial charge in [-0.15, -0.1) is 0 Å². The normalized spacial score (nSPS) is 22.5. The van der Waals surface area contributed by atoms with Gasteiger partial charge in [0.1, 0.15) is 11.5 Å². The molecule has 1 aromatic rings. The summed E-state index contributed by atoms with van der Waals surface area (Å²) in [5.41, 5.74) is 0.578. The average molecular weight is 278 g/mol. The Morgan fingerprint density at radius 2 is 2.05 bits per heavy atom. The van der Waals surface area contributed by atoms with Crippen LogP contribution in [0.25, 0.3) is 0 Å². The topological polar surface area (TPSA) is 50.8 Å². The molecule has 1 saturated heterocycles. The van der Waals surface area contributed by atoms with E-state index in [9.17, 15) is 4.79 Å². The third-order valence-corrected chi connectivity index (χ3v) is 3.93. The highest BCUT2D eigenvalue weighted by atomic mass is 16.5. The van der Waals surface area contributed by atoms with Crippen molar-refractivity contribution >= 4 is 5.91 Å². The van der Waals surface area contributed by atoms with Gasteiger partial charge in [0.05, 0.1) is 19.8 Å². The zero-order valence-electron chi connectivity index (χ0n) is 12.5. The van der Waals surface area contributed by atoms with Crippen molar-refractivity contribution in [2.45, 2.75) is 25.9 Å². The van der Waals surface area contributed by atoms with Crippen molar-refractivity contribution < 1.29 is 14.3 Å². The van der Waals surface area contributed by atoms with Crippen LogP contribution in [0.4, 0.5) is 0 Å².